The third-order valence-corrected chi connectivity index (χ3v) is 7.10. The number of thiazole rings is 1. The molecule has 0 aliphatic carbocycles. The molecule has 0 fully saturated rings. The van der Waals surface area contributed by atoms with Crippen LogP contribution < -0.4 is 19.7 Å². The number of amides is 2. The van der Waals surface area contributed by atoms with Gasteiger partial charge in [0.25, 0.3) is 15.9 Å². The number of hydrogen-bond acceptors (Lipinski definition) is 7. The first kappa shape index (κ1) is 22.7. The van der Waals surface area contributed by atoms with Crippen molar-refractivity contribution in [1.82, 2.24) is 4.98 Å². The number of rotatable bonds is 7. The Bertz CT molecular complexity index is 1300. The van der Waals surface area contributed by atoms with Crippen LogP contribution in [0.1, 0.15) is 20.3 Å². The Labute approximate surface area is 195 Å². The van der Waals surface area contributed by atoms with Gasteiger partial charge in [-0.05, 0) is 48.9 Å². The number of nitrogens with zero attached hydrogens (tertiary/aromatic N) is 2. The molecule has 172 valence electrons. The van der Waals surface area contributed by atoms with Gasteiger partial charge in [0.2, 0.25) is 5.91 Å². The van der Waals surface area contributed by atoms with Gasteiger partial charge in [-0.2, -0.15) is 0 Å². The average molecular weight is 487 g/mol. The number of sulfonamides is 1. The number of benzene rings is 2. The summed E-state index contributed by atoms with van der Waals surface area (Å²) in [5.41, 5.74) is 2.51. The lowest BCUT2D eigenvalue weighted by atomic mass is 10.1. The lowest BCUT2D eigenvalue weighted by Crippen LogP contribution is -2.39. The van der Waals surface area contributed by atoms with E-state index in [1.807, 2.05) is 19.1 Å². The van der Waals surface area contributed by atoms with E-state index < -0.39 is 10.0 Å². The van der Waals surface area contributed by atoms with Crippen LogP contribution in [0.2, 0.25) is 0 Å². The second kappa shape index (κ2) is 9.20. The monoisotopic (exact) mass is 486 g/mol. The number of aromatic nitrogens is 1. The van der Waals surface area contributed by atoms with Gasteiger partial charge in [-0.15, -0.1) is 11.3 Å². The lowest BCUT2D eigenvalue weighted by Gasteiger charge is -2.29. The van der Waals surface area contributed by atoms with Gasteiger partial charge < -0.3 is 15.0 Å². The van der Waals surface area contributed by atoms with E-state index in [0.717, 1.165) is 23.3 Å². The van der Waals surface area contributed by atoms with Crippen LogP contribution in [0, 0.1) is 0 Å². The van der Waals surface area contributed by atoms with Gasteiger partial charge in [-0.1, -0.05) is 6.92 Å². The quantitative estimate of drug-likeness (QED) is 0.526. The van der Waals surface area contributed by atoms with E-state index in [1.165, 1.54) is 31.2 Å². The number of carbonyl (C=O) groups is 2. The molecule has 3 aromatic rings. The molecule has 2 aromatic carbocycles. The van der Waals surface area contributed by atoms with E-state index in [-0.39, 0.29) is 28.4 Å². The molecule has 0 saturated heterocycles. The molecule has 1 aliphatic heterocycles. The maximum absolute atomic E-state index is 12.7. The number of carbonyl (C=O) groups excluding carboxylic acids is 2. The van der Waals surface area contributed by atoms with Crippen LogP contribution >= 0.6 is 11.3 Å². The van der Waals surface area contributed by atoms with Crippen molar-refractivity contribution >= 4 is 49.7 Å². The highest BCUT2D eigenvalue weighted by molar-refractivity contribution is 7.93. The molecule has 0 saturated carbocycles. The highest BCUT2D eigenvalue weighted by atomic mass is 32.2. The summed E-state index contributed by atoms with van der Waals surface area (Å²) in [6.07, 6.45) is 0.809. The third kappa shape index (κ3) is 4.99. The Kier molecular flexibility index (Phi) is 6.34. The summed E-state index contributed by atoms with van der Waals surface area (Å²) >= 11 is 1.16. The van der Waals surface area contributed by atoms with Gasteiger partial charge in [-0.25, -0.2) is 13.4 Å². The molecule has 1 aromatic heterocycles. The van der Waals surface area contributed by atoms with E-state index >= 15 is 0 Å². The minimum atomic E-state index is -3.85. The van der Waals surface area contributed by atoms with Crippen molar-refractivity contribution in [3.8, 4) is 17.0 Å². The number of fused-ring (bicyclic) bond motifs is 1. The van der Waals surface area contributed by atoms with Crippen LogP contribution in [-0.4, -0.2) is 38.4 Å². The molecule has 0 atom stereocenters. The first-order chi connectivity index (χ1) is 15.8. The molecule has 11 heteroatoms. The van der Waals surface area contributed by atoms with Crippen LogP contribution in [0.4, 0.5) is 16.5 Å². The molecular weight excluding hydrogens is 464 g/mol. The maximum atomic E-state index is 12.7. The highest BCUT2D eigenvalue weighted by Crippen LogP contribution is 2.37. The van der Waals surface area contributed by atoms with Crippen LogP contribution in [0.25, 0.3) is 11.3 Å². The van der Waals surface area contributed by atoms with E-state index in [2.05, 4.69) is 15.0 Å². The summed E-state index contributed by atoms with van der Waals surface area (Å²) in [5.74, 6) is 0.290. The van der Waals surface area contributed by atoms with Crippen LogP contribution in [-0.2, 0) is 19.6 Å². The van der Waals surface area contributed by atoms with Crippen molar-refractivity contribution in [3.05, 3.63) is 47.8 Å². The standard InChI is InChI=1S/C22H22N4O5S2/c1-3-10-26-19-11-15(4-9-20(19)31-12-21(26)28)18-13-32-22(24-18)25-33(29,30)17-7-5-16(6-8-17)23-14(2)27/h4-9,11,13H,3,10,12H2,1-2H3,(H,23,27)(H,24,25). The molecule has 9 nitrogen and oxygen atoms in total. The van der Waals surface area contributed by atoms with Crippen LogP contribution in [0.3, 0.4) is 0 Å². The summed E-state index contributed by atoms with van der Waals surface area (Å²) in [5, 5.41) is 4.55. The summed E-state index contributed by atoms with van der Waals surface area (Å²) in [7, 11) is -3.85. The first-order valence-corrected chi connectivity index (χ1v) is 12.6. The molecule has 0 radical (unpaired) electrons. The highest BCUT2D eigenvalue weighted by Gasteiger charge is 2.25. The summed E-state index contributed by atoms with van der Waals surface area (Å²) in [6.45, 7) is 3.97. The zero-order chi connectivity index (χ0) is 23.6. The van der Waals surface area contributed by atoms with Gasteiger partial charge in [0, 0.05) is 30.1 Å². The fraction of sp³-hybridized carbons (Fsp3) is 0.227. The number of ether oxygens (including phenoxy) is 1. The molecule has 4 rings (SSSR count). The Morgan fingerprint density at radius 2 is 1.97 bits per heavy atom. The van der Waals surface area contributed by atoms with Crippen molar-refractivity contribution in [1.29, 1.82) is 0 Å². The molecular formula is C22H22N4O5S2. The predicted octanol–water partition coefficient (Wildman–Crippen LogP) is 3.70. The largest absolute Gasteiger partial charge is 0.482 e. The van der Waals surface area contributed by atoms with E-state index in [9.17, 15) is 18.0 Å². The van der Waals surface area contributed by atoms with Gasteiger partial charge in [0.1, 0.15) is 5.75 Å². The zero-order valence-electron chi connectivity index (χ0n) is 18.0. The second-order valence-electron chi connectivity index (χ2n) is 7.37. The zero-order valence-corrected chi connectivity index (χ0v) is 19.6. The topological polar surface area (TPSA) is 118 Å². The van der Waals surface area contributed by atoms with Gasteiger partial charge in [-0.3, -0.25) is 14.3 Å². The first-order valence-electron chi connectivity index (χ1n) is 10.2. The average Bonchev–Trinajstić information content (AvgIpc) is 3.23. The molecule has 2 N–H and O–H groups in total. The third-order valence-electron chi connectivity index (χ3n) is 4.86. The molecule has 0 spiro atoms. The number of hydrogen-bond donors (Lipinski definition) is 2. The molecule has 2 heterocycles. The molecule has 0 bridgehead atoms. The Balaban J connectivity index is 1.55. The normalized spacial score (nSPS) is 13.3. The maximum Gasteiger partial charge on any atom is 0.265 e. The van der Waals surface area contributed by atoms with Crippen molar-refractivity contribution in [2.75, 3.05) is 28.1 Å². The minimum absolute atomic E-state index is 0.0147. The smallest absolute Gasteiger partial charge is 0.265 e. The summed E-state index contributed by atoms with van der Waals surface area (Å²) in [6, 6.07) is 11.3. The summed E-state index contributed by atoms with van der Waals surface area (Å²) in [4.78, 5) is 29.5. The van der Waals surface area contributed by atoms with Gasteiger partial charge in [0.15, 0.2) is 11.7 Å². The molecule has 0 unspecified atom stereocenters. The number of anilines is 3. The predicted molar refractivity (Wildman–Crippen MR) is 127 cm³/mol. The van der Waals surface area contributed by atoms with E-state index in [0.29, 0.717) is 29.4 Å². The molecule has 1 aliphatic rings. The van der Waals surface area contributed by atoms with E-state index in [4.69, 9.17) is 4.74 Å². The fourth-order valence-corrected chi connectivity index (χ4v) is 5.35. The second-order valence-corrected chi connectivity index (χ2v) is 9.91. The molecule has 33 heavy (non-hydrogen) atoms. The summed E-state index contributed by atoms with van der Waals surface area (Å²) < 4.78 is 33.5. The van der Waals surface area contributed by atoms with Gasteiger partial charge in [0.05, 0.1) is 16.3 Å². The minimum Gasteiger partial charge on any atom is -0.482 e. The van der Waals surface area contributed by atoms with Crippen molar-refractivity contribution < 1.29 is 22.7 Å². The lowest BCUT2D eigenvalue weighted by molar-refractivity contribution is -0.121. The van der Waals surface area contributed by atoms with E-state index in [1.54, 1.807) is 16.3 Å². The fourth-order valence-electron chi connectivity index (χ4n) is 3.38. The molecule has 2 amide bonds. The Morgan fingerprint density at radius 1 is 1.21 bits per heavy atom. The van der Waals surface area contributed by atoms with Crippen molar-refractivity contribution in [3.63, 3.8) is 0 Å². The van der Waals surface area contributed by atoms with Crippen molar-refractivity contribution in [2.45, 2.75) is 25.2 Å². The Morgan fingerprint density at radius 3 is 2.67 bits per heavy atom. The van der Waals surface area contributed by atoms with Crippen molar-refractivity contribution in [2.24, 2.45) is 0 Å². The number of nitrogens with one attached hydrogen (secondary N) is 2. The van der Waals surface area contributed by atoms with Gasteiger partial charge >= 0.3 is 0 Å². The van der Waals surface area contributed by atoms with Crippen LogP contribution in [0.5, 0.6) is 5.75 Å². The Hall–Kier alpha value is -3.44. The van der Waals surface area contributed by atoms with Crippen LogP contribution in [0.15, 0.2) is 52.7 Å². The SMILES string of the molecule is CCCN1C(=O)COc2ccc(-c3csc(NS(=O)(=O)c4ccc(NC(C)=O)cc4)n3)cc21.